The monoisotopic (exact) mass is 172 g/mol. The molecule has 0 atom stereocenters. The number of hydrogen-bond donors (Lipinski definition) is 1. The van der Waals surface area contributed by atoms with E-state index in [-0.39, 0.29) is 6.61 Å². The minimum atomic E-state index is 0.135. The second-order valence-electron chi connectivity index (χ2n) is 2.83. The van der Waals surface area contributed by atoms with Gasteiger partial charge in [0.2, 0.25) is 0 Å². The normalized spacial score (nSPS) is 10.1. The molecule has 0 aromatic heterocycles. The van der Waals surface area contributed by atoms with Gasteiger partial charge in [-0.15, -0.1) is 6.58 Å². The fourth-order valence-corrected chi connectivity index (χ4v) is 1.01. The Bertz CT molecular complexity index is 91.8. The summed E-state index contributed by atoms with van der Waals surface area (Å²) in [7, 11) is 0. The number of hydrogen-bond acceptors (Lipinski definition) is 2. The summed E-state index contributed by atoms with van der Waals surface area (Å²) < 4.78 is 5.12. The van der Waals surface area contributed by atoms with E-state index in [4.69, 9.17) is 9.84 Å². The first-order valence-corrected chi connectivity index (χ1v) is 4.71. The molecule has 72 valence electrons. The summed E-state index contributed by atoms with van der Waals surface area (Å²) in [5, 5.41) is 8.40. The summed E-state index contributed by atoms with van der Waals surface area (Å²) in [4.78, 5) is 0. The molecule has 2 heteroatoms. The second kappa shape index (κ2) is 10.7. The maximum absolute atomic E-state index is 8.40. The van der Waals surface area contributed by atoms with Crippen LogP contribution in [-0.4, -0.2) is 24.9 Å². The van der Waals surface area contributed by atoms with Crippen molar-refractivity contribution in [2.24, 2.45) is 0 Å². The van der Waals surface area contributed by atoms with Gasteiger partial charge in [-0.2, -0.15) is 0 Å². The van der Waals surface area contributed by atoms with Gasteiger partial charge < -0.3 is 9.84 Å². The van der Waals surface area contributed by atoms with Crippen molar-refractivity contribution >= 4 is 0 Å². The van der Waals surface area contributed by atoms with Crippen molar-refractivity contribution in [3.05, 3.63) is 12.7 Å². The van der Waals surface area contributed by atoms with E-state index < -0.39 is 0 Å². The van der Waals surface area contributed by atoms with Crippen LogP contribution in [-0.2, 0) is 4.74 Å². The van der Waals surface area contributed by atoms with Gasteiger partial charge in [0, 0.05) is 6.61 Å². The van der Waals surface area contributed by atoms with Gasteiger partial charge in [0.05, 0.1) is 13.2 Å². The standard InChI is InChI=1S/C10H20O2/c1-2-3-4-5-6-7-9-12-10-8-11/h2,11H,1,3-10H2. The van der Waals surface area contributed by atoms with Crippen LogP contribution in [0.2, 0.25) is 0 Å². The molecule has 2 nitrogen and oxygen atoms in total. The van der Waals surface area contributed by atoms with E-state index in [9.17, 15) is 0 Å². The van der Waals surface area contributed by atoms with Crippen molar-refractivity contribution in [3.8, 4) is 0 Å². The average Bonchev–Trinajstić information content (AvgIpc) is 2.10. The minimum Gasteiger partial charge on any atom is -0.394 e. The fourth-order valence-electron chi connectivity index (χ4n) is 1.01. The van der Waals surface area contributed by atoms with E-state index in [1.165, 1.54) is 19.3 Å². The van der Waals surface area contributed by atoms with Crippen LogP contribution in [0, 0.1) is 0 Å². The van der Waals surface area contributed by atoms with E-state index in [0.717, 1.165) is 19.4 Å². The highest BCUT2D eigenvalue weighted by atomic mass is 16.5. The third-order valence-electron chi connectivity index (χ3n) is 1.68. The summed E-state index contributed by atoms with van der Waals surface area (Å²) in [6.45, 7) is 5.07. The Hall–Kier alpha value is -0.340. The molecule has 0 amide bonds. The molecule has 0 heterocycles. The molecule has 0 spiro atoms. The van der Waals surface area contributed by atoms with E-state index in [1.807, 2.05) is 6.08 Å². The van der Waals surface area contributed by atoms with Gasteiger partial charge in [-0.1, -0.05) is 18.9 Å². The molecule has 0 radical (unpaired) electrons. The molecule has 0 bridgehead atoms. The third-order valence-corrected chi connectivity index (χ3v) is 1.68. The SMILES string of the molecule is C=CCCCCCCOCCO. The molecule has 0 aliphatic rings. The molecule has 0 aliphatic carbocycles. The molecule has 0 rings (SSSR count). The Labute approximate surface area is 75.2 Å². The van der Waals surface area contributed by atoms with Crippen LogP contribution >= 0.6 is 0 Å². The van der Waals surface area contributed by atoms with Gasteiger partial charge in [0.25, 0.3) is 0 Å². The molecular formula is C10H20O2. The number of ether oxygens (including phenoxy) is 1. The Kier molecular flexibility index (Phi) is 10.4. The van der Waals surface area contributed by atoms with Gasteiger partial charge >= 0.3 is 0 Å². The van der Waals surface area contributed by atoms with Gasteiger partial charge in [0.1, 0.15) is 0 Å². The summed E-state index contributed by atoms with van der Waals surface area (Å²) in [6, 6.07) is 0. The highest BCUT2D eigenvalue weighted by molar-refractivity contribution is 4.65. The van der Waals surface area contributed by atoms with Gasteiger partial charge in [-0.3, -0.25) is 0 Å². The van der Waals surface area contributed by atoms with Crippen LogP contribution in [0.15, 0.2) is 12.7 Å². The van der Waals surface area contributed by atoms with Crippen LogP contribution in [0.3, 0.4) is 0 Å². The van der Waals surface area contributed by atoms with E-state index in [2.05, 4.69) is 6.58 Å². The zero-order valence-corrected chi connectivity index (χ0v) is 7.80. The summed E-state index contributed by atoms with van der Waals surface area (Å²) in [5.74, 6) is 0. The Balaban J connectivity index is 2.77. The third kappa shape index (κ3) is 9.66. The van der Waals surface area contributed by atoms with Crippen LogP contribution in [0.5, 0.6) is 0 Å². The predicted octanol–water partition coefficient (Wildman–Crippen LogP) is 2.13. The zero-order chi connectivity index (χ0) is 9.07. The first kappa shape index (κ1) is 11.7. The van der Waals surface area contributed by atoms with Gasteiger partial charge in [0.15, 0.2) is 0 Å². The molecule has 0 saturated heterocycles. The van der Waals surface area contributed by atoms with Crippen LogP contribution in [0.4, 0.5) is 0 Å². The van der Waals surface area contributed by atoms with Crippen LogP contribution < -0.4 is 0 Å². The Morgan fingerprint density at radius 2 is 1.83 bits per heavy atom. The first-order chi connectivity index (χ1) is 5.91. The van der Waals surface area contributed by atoms with Crippen molar-refractivity contribution < 1.29 is 9.84 Å². The molecule has 0 aromatic rings. The van der Waals surface area contributed by atoms with Crippen LogP contribution in [0.25, 0.3) is 0 Å². The zero-order valence-electron chi connectivity index (χ0n) is 7.80. The topological polar surface area (TPSA) is 29.5 Å². The predicted molar refractivity (Wildman–Crippen MR) is 51.2 cm³/mol. The lowest BCUT2D eigenvalue weighted by atomic mass is 10.1. The molecule has 0 saturated carbocycles. The lowest BCUT2D eigenvalue weighted by molar-refractivity contribution is 0.0895. The molecule has 12 heavy (non-hydrogen) atoms. The second-order valence-corrected chi connectivity index (χ2v) is 2.83. The van der Waals surface area contributed by atoms with Crippen molar-refractivity contribution in [1.29, 1.82) is 0 Å². The fraction of sp³-hybridized carbons (Fsp3) is 0.800. The van der Waals surface area contributed by atoms with Crippen molar-refractivity contribution in [2.75, 3.05) is 19.8 Å². The largest absolute Gasteiger partial charge is 0.394 e. The summed E-state index contributed by atoms with van der Waals surface area (Å²) in [6.07, 6.45) is 7.91. The van der Waals surface area contributed by atoms with Gasteiger partial charge in [-0.05, 0) is 19.3 Å². The summed E-state index contributed by atoms with van der Waals surface area (Å²) in [5.41, 5.74) is 0. The molecular weight excluding hydrogens is 152 g/mol. The average molecular weight is 172 g/mol. The number of rotatable bonds is 9. The quantitative estimate of drug-likeness (QED) is 0.426. The smallest absolute Gasteiger partial charge is 0.0697 e. The Morgan fingerprint density at radius 1 is 1.08 bits per heavy atom. The molecule has 1 N–H and O–H groups in total. The van der Waals surface area contributed by atoms with E-state index in [0.29, 0.717) is 6.61 Å². The molecule has 0 fully saturated rings. The maximum atomic E-state index is 8.40. The van der Waals surface area contributed by atoms with E-state index in [1.54, 1.807) is 0 Å². The lowest BCUT2D eigenvalue weighted by Crippen LogP contribution is -2.00. The van der Waals surface area contributed by atoms with E-state index >= 15 is 0 Å². The maximum Gasteiger partial charge on any atom is 0.0697 e. The first-order valence-electron chi connectivity index (χ1n) is 4.71. The minimum absolute atomic E-state index is 0.135. The molecule has 0 aliphatic heterocycles. The molecule has 0 unspecified atom stereocenters. The van der Waals surface area contributed by atoms with Crippen molar-refractivity contribution in [2.45, 2.75) is 32.1 Å². The van der Waals surface area contributed by atoms with Gasteiger partial charge in [-0.25, -0.2) is 0 Å². The number of unbranched alkanes of at least 4 members (excludes halogenated alkanes) is 4. The molecule has 0 aromatic carbocycles. The lowest BCUT2D eigenvalue weighted by Gasteiger charge is -2.01. The highest BCUT2D eigenvalue weighted by Crippen LogP contribution is 2.02. The van der Waals surface area contributed by atoms with Crippen LogP contribution in [0.1, 0.15) is 32.1 Å². The van der Waals surface area contributed by atoms with Crippen molar-refractivity contribution in [1.82, 2.24) is 0 Å². The number of aliphatic hydroxyl groups is 1. The Morgan fingerprint density at radius 3 is 2.50 bits per heavy atom. The number of allylic oxidation sites excluding steroid dienone is 1. The number of aliphatic hydroxyl groups excluding tert-OH is 1. The highest BCUT2D eigenvalue weighted by Gasteiger charge is 1.89. The van der Waals surface area contributed by atoms with Crippen molar-refractivity contribution in [3.63, 3.8) is 0 Å². The summed E-state index contributed by atoms with van der Waals surface area (Å²) >= 11 is 0.